The van der Waals surface area contributed by atoms with Crippen molar-refractivity contribution < 1.29 is 0 Å². The van der Waals surface area contributed by atoms with Gasteiger partial charge in [-0.25, -0.2) is 0 Å². The van der Waals surface area contributed by atoms with Gasteiger partial charge < -0.3 is 0 Å². The van der Waals surface area contributed by atoms with Crippen molar-refractivity contribution in [2.24, 2.45) is 0 Å². The third kappa shape index (κ3) is 3.99. The lowest BCUT2D eigenvalue weighted by atomic mass is 10.1. The largest absolute Gasteiger partial charge is 0.145 e. The fourth-order valence-corrected chi connectivity index (χ4v) is 2.52. The summed E-state index contributed by atoms with van der Waals surface area (Å²) in [6.45, 7) is 11.8. The van der Waals surface area contributed by atoms with Gasteiger partial charge in [0.2, 0.25) is 0 Å². The molecule has 1 aromatic heterocycles. The Morgan fingerprint density at radius 1 is 1.38 bits per heavy atom. The van der Waals surface area contributed by atoms with E-state index in [0.717, 1.165) is 24.0 Å². The SMILES string of the molecule is C=C(C)/C=C(/Cc1ccc(CC)s1)C(=C)Cl. The number of aryl methyl sites for hydroxylation is 1. The first kappa shape index (κ1) is 13.3. The molecule has 0 bridgehead atoms. The maximum Gasteiger partial charge on any atom is 0.0369 e. The van der Waals surface area contributed by atoms with Crippen molar-refractivity contribution in [1.82, 2.24) is 0 Å². The number of rotatable bonds is 5. The Kier molecular flexibility index (Phi) is 5.04. The van der Waals surface area contributed by atoms with E-state index in [-0.39, 0.29) is 0 Å². The first-order valence-electron chi connectivity index (χ1n) is 5.31. The van der Waals surface area contributed by atoms with Crippen molar-refractivity contribution in [3.63, 3.8) is 0 Å². The van der Waals surface area contributed by atoms with Crippen molar-refractivity contribution in [2.45, 2.75) is 26.7 Å². The van der Waals surface area contributed by atoms with Crippen LogP contribution in [0.4, 0.5) is 0 Å². The Labute approximate surface area is 107 Å². The predicted octanol–water partition coefficient (Wildman–Crippen LogP) is 5.11. The van der Waals surface area contributed by atoms with E-state index in [4.69, 9.17) is 11.6 Å². The Balaban J connectivity index is 2.84. The smallest absolute Gasteiger partial charge is 0.0369 e. The van der Waals surface area contributed by atoms with Crippen molar-refractivity contribution in [1.29, 1.82) is 0 Å². The molecule has 0 aliphatic carbocycles. The lowest BCUT2D eigenvalue weighted by Gasteiger charge is -2.03. The Morgan fingerprint density at radius 3 is 2.44 bits per heavy atom. The molecular formula is C14H17ClS. The summed E-state index contributed by atoms with van der Waals surface area (Å²) in [5.74, 6) is 0. The van der Waals surface area contributed by atoms with Gasteiger partial charge in [-0.05, 0) is 31.1 Å². The van der Waals surface area contributed by atoms with Gasteiger partial charge in [0.05, 0.1) is 0 Å². The molecule has 0 amide bonds. The van der Waals surface area contributed by atoms with Crippen LogP contribution < -0.4 is 0 Å². The van der Waals surface area contributed by atoms with Crippen LogP contribution in [0.1, 0.15) is 23.6 Å². The summed E-state index contributed by atoms with van der Waals surface area (Å²) in [6, 6.07) is 4.34. The van der Waals surface area contributed by atoms with Gasteiger partial charge in [0.1, 0.15) is 0 Å². The molecule has 0 N–H and O–H groups in total. The maximum absolute atomic E-state index is 5.98. The number of hydrogen-bond donors (Lipinski definition) is 0. The molecule has 16 heavy (non-hydrogen) atoms. The molecule has 86 valence electrons. The number of halogens is 1. The van der Waals surface area contributed by atoms with Crippen LogP contribution in [0.25, 0.3) is 0 Å². The van der Waals surface area contributed by atoms with Gasteiger partial charge in [-0.2, -0.15) is 0 Å². The average Bonchev–Trinajstić information content (AvgIpc) is 2.63. The molecule has 0 aromatic carbocycles. The normalized spacial score (nSPS) is 11.6. The molecule has 0 aliphatic rings. The van der Waals surface area contributed by atoms with Crippen LogP contribution in [0.3, 0.4) is 0 Å². The van der Waals surface area contributed by atoms with Gasteiger partial charge in [-0.1, -0.05) is 43.3 Å². The van der Waals surface area contributed by atoms with Crippen LogP contribution in [0.2, 0.25) is 0 Å². The van der Waals surface area contributed by atoms with E-state index in [0.29, 0.717) is 5.03 Å². The van der Waals surface area contributed by atoms with Crippen molar-refractivity contribution >= 4 is 22.9 Å². The number of allylic oxidation sites excluding steroid dienone is 4. The molecule has 0 fully saturated rings. The minimum atomic E-state index is 0.606. The van der Waals surface area contributed by atoms with Crippen LogP contribution in [-0.2, 0) is 12.8 Å². The van der Waals surface area contributed by atoms with Crippen molar-refractivity contribution in [2.75, 3.05) is 0 Å². The second-order valence-corrected chi connectivity index (χ2v) is 5.53. The quantitative estimate of drug-likeness (QED) is 0.639. The molecule has 0 unspecified atom stereocenters. The standard InChI is InChI=1S/C14H17ClS/c1-5-13-6-7-14(16-13)9-12(11(4)15)8-10(2)3/h6-8H,2,4-5,9H2,1,3H3/b12-8-. The highest BCUT2D eigenvalue weighted by Crippen LogP contribution is 2.24. The summed E-state index contributed by atoms with van der Waals surface area (Å²) < 4.78 is 0. The lowest BCUT2D eigenvalue weighted by Crippen LogP contribution is -1.88. The third-order valence-electron chi connectivity index (χ3n) is 2.20. The number of hydrogen-bond acceptors (Lipinski definition) is 1. The average molecular weight is 253 g/mol. The third-order valence-corrected chi connectivity index (χ3v) is 3.67. The van der Waals surface area contributed by atoms with E-state index in [1.54, 1.807) is 0 Å². The van der Waals surface area contributed by atoms with Gasteiger partial charge in [0.15, 0.2) is 0 Å². The highest BCUT2D eigenvalue weighted by atomic mass is 35.5. The summed E-state index contributed by atoms with van der Waals surface area (Å²) in [5.41, 5.74) is 2.06. The fourth-order valence-electron chi connectivity index (χ4n) is 1.42. The van der Waals surface area contributed by atoms with Crippen LogP contribution in [0.5, 0.6) is 0 Å². The molecule has 0 radical (unpaired) electrons. The first-order valence-corrected chi connectivity index (χ1v) is 6.50. The van der Waals surface area contributed by atoms with Gasteiger partial charge in [0.25, 0.3) is 0 Å². The summed E-state index contributed by atoms with van der Waals surface area (Å²) in [7, 11) is 0. The first-order chi connectivity index (χ1) is 7.52. The fraction of sp³-hybridized carbons (Fsp3) is 0.286. The zero-order valence-electron chi connectivity index (χ0n) is 9.85. The van der Waals surface area contributed by atoms with Crippen LogP contribution in [0.15, 0.2) is 47.5 Å². The monoisotopic (exact) mass is 252 g/mol. The van der Waals surface area contributed by atoms with Crippen LogP contribution >= 0.6 is 22.9 Å². The highest BCUT2D eigenvalue weighted by Gasteiger charge is 2.05. The molecule has 0 saturated heterocycles. The minimum absolute atomic E-state index is 0.606. The zero-order valence-corrected chi connectivity index (χ0v) is 11.4. The minimum Gasteiger partial charge on any atom is -0.145 e. The van der Waals surface area contributed by atoms with Crippen molar-refractivity contribution in [3.8, 4) is 0 Å². The van der Waals surface area contributed by atoms with Gasteiger partial charge in [0, 0.05) is 21.2 Å². The molecule has 1 heterocycles. The van der Waals surface area contributed by atoms with Gasteiger partial charge in [-0.3, -0.25) is 0 Å². The molecule has 0 nitrogen and oxygen atoms in total. The van der Waals surface area contributed by atoms with Crippen LogP contribution in [0, 0.1) is 0 Å². The lowest BCUT2D eigenvalue weighted by molar-refractivity contribution is 1.19. The molecule has 2 heteroatoms. The topological polar surface area (TPSA) is 0 Å². The molecule has 0 spiro atoms. The van der Waals surface area contributed by atoms with E-state index in [9.17, 15) is 0 Å². The van der Waals surface area contributed by atoms with E-state index in [2.05, 4.69) is 32.2 Å². The second-order valence-electron chi connectivity index (χ2n) is 3.82. The Hall–Kier alpha value is -0.790. The Morgan fingerprint density at radius 2 is 2.00 bits per heavy atom. The number of thiophene rings is 1. The summed E-state index contributed by atoms with van der Waals surface area (Å²) in [6.07, 6.45) is 3.94. The van der Waals surface area contributed by atoms with E-state index >= 15 is 0 Å². The Bertz CT molecular complexity index is 424. The predicted molar refractivity (Wildman–Crippen MR) is 75.3 cm³/mol. The zero-order chi connectivity index (χ0) is 12.1. The van der Waals surface area contributed by atoms with E-state index in [1.807, 2.05) is 24.3 Å². The van der Waals surface area contributed by atoms with Crippen molar-refractivity contribution in [3.05, 3.63) is 57.3 Å². The summed E-state index contributed by atoms with van der Waals surface area (Å²) in [5, 5.41) is 0.606. The highest BCUT2D eigenvalue weighted by molar-refractivity contribution is 7.12. The van der Waals surface area contributed by atoms with E-state index in [1.165, 1.54) is 9.75 Å². The molecule has 0 aliphatic heterocycles. The molecule has 1 rings (SSSR count). The van der Waals surface area contributed by atoms with Crippen LogP contribution in [-0.4, -0.2) is 0 Å². The molecular weight excluding hydrogens is 236 g/mol. The second kappa shape index (κ2) is 6.07. The van der Waals surface area contributed by atoms with E-state index < -0.39 is 0 Å². The maximum atomic E-state index is 5.98. The molecule has 0 saturated carbocycles. The van der Waals surface area contributed by atoms with Gasteiger partial charge in [-0.15, -0.1) is 11.3 Å². The van der Waals surface area contributed by atoms with Gasteiger partial charge >= 0.3 is 0 Å². The molecule has 0 atom stereocenters. The summed E-state index contributed by atoms with van der Waals surface area (Å²) >= 11 is 7.81. The molecule has 1 aromatic rings. The summed E-state index contributed by atoms with van der Waals surface area (Å²) in [4.78, 5) is 2.73.